The smallest absolute Gasteiger partial charge is 0.407 e. The van der Waals surface area contributed by atoms with Crippen LogP contribution in [-0.4, -0.2) is 33.3 Å². The fourth-order valence-corrected chi connectivity index (χ4v) is 2.47. The van der Waals surface area contributed by atoms with E-state index in [9.17, 15) is 14.4 Å². The average molecular weight is 401 g/mol. The summed E-state index contributed by atoms with van der Waals surface area (Å²) in [6.45, 7) is 9.34. The molecule has 0 saturated heterocycles. The molecule has 2 aromatic rings. The maximum Gasteiger partial charge on any atom is 0.407 e. The van der Waals surface area contributed by atoms with Crippen LogP contribution in [0.5, 0.6) is 0 Å². The van der Waals surface area contributed by atoms with Crippen LogP contribution in [0.15, 0.2) is 30.3 Å². The normalized spacial score (nSPS) is 10.9. The van der Waals surface area contributed by atoms with Gasteiger partial charge in [-0.05, 0) is 58.4 Å². The second kappa shape index (κ2) is 9.22. The highest BCUT2D eigenvalue weighted by atomic mass is 16.6. The van der Waals surface area contributed by atoms with Crippen molar-refractivity contribution in [2.24, 2.45) is 0 Å². The molecule has 0 fully saturated rings. The van der Waals surface area contributed by atoms with Crippen molar-refractivity contribution in [2.75, 3.05) is 0 Å². The van der Waals surface area contributed by atoms with Crippen molar-refractivity contribution in [1.82, 2.24) is 25.9 Å². The maximum atomic E-state index is 12.2. The number of rotatable bonds is 5. The summed E-state index contributed by atoms with van der Waals surface area (Å²) in [7, 11) is 0. The van der Waals surface area contributed by atoms with E-state index in [4.69, 9.17) is 4.74 Å². The summed E-state index contributed by atoms with van der Waals surface area (Å²) in [6.07, 6.45) is -0.510. The number of alkyl carbamates (subject to hydrolysis) is 1. The van der Waals surface area contributed by atoms with Gasteiger partial charge in [-0.15, -0.1) is 0 Å². The maximum absolute atomic E-state index is 12.2. The van der Waals surface area contributed by atoms with Gasteiger partial charge in [0.2, 0.25) is 0 Å². The Morgan fingerprint density at radius 2 is 1.72 bits per heavy atom. The number of hydrogen-bond acceptors (Lipinski definition) is 5. The Hall–Kier alpha value is -3.36. The van der Waals surface area contributed by atoms with Crippen LogP contribution in [-0.2, 0) is 22.6 Å². The Morgan fingerprint density at radius 1 is 1.07 bits per heavy atom. The molecular formula is C20H27N5O4. The molecule has 2 rings (SSSR count). The number of aryl methyl sites for hydroxylation is 2. The third-order valence-electron chi connectivity index (χ3n) is 3.76. The monoisotopic (exact) mass is 401 g/mol. The number of nitrogens with zero attached hydrogens (tertiary/aromatic N) is 2. The predicted octanol–water partition coefficient (Wildman–Crippen LogP) is 1.99. The molecule has 1 heterocycles. The number of carbonyl (C=O) groups excluding carboxylic acids is 3. The second-order valence-corrected chi connectivity index (χ2v) is 7.64. The molecule has 0 saturated carbocycles. The van der Waals surface area contributed by atoms with Crippen molar-refractivity contribution in [1.29, 1.82) is 0 Å². The molecule has 0 radical (unpaired) electrons. The minimum Gasteiger partial charge on any atom is -0.444 e. The van der Waals surface area contributed by atoms with Gasteiger partial charge in [0.05, 0.1) is 5.69 Å². The van der Waals surface area contributed by atoms with E-state index in [1.165, 1.54) is 0 Å². The third kappa shape index (κ3) is 7.28. The molecule has 0 aliphatic carbocycles. The summed E-state index contributed by atoms with van der Waals surface area (Å²) < 4.78 is 6.73. The van der Waals surface area contributed by atoms with Gasteiger partial charge in [0.25, 0.3) is 11.8 Å². The highest BCUT2D eigenvalue weighted by Crippen LogP contribution is 2.08. The largest absolute Gasteiger partial charge is 0.444 e. The van der Waals surface area contributed by atoms with E-state index in [0.717, 1.165) is 17.0 Å². The minimum absolute atomic E-state index is 0.00915. The molecule has 3 amide bonds. The number of hydrogen-bond donors (Lipinski definition) is 3. The Kier molecular flexibility index (Phi) is 6.98. The van der Waals surface area contributed by atoms with Gasteiger partial charge >= 0.3 is 6.09 Å². The van der Waals surface area contributed by atoms with Gasteiger partial charge in [-0.3, -0.25) is 25.1 Å². The van der Waals surface area contributed by atoms with Crippen molar-refractivity contribution in [3.05, 3.63) is 52.8 Å². The summed E-state index contributed by atoms with van der Waals surface area (Å²) in [5.74, 6) is -0.832. The van der Waals surface area contributed by atoms with Gasteiger partial charge in [0.15, 0.2) is 0 Å². The minimum atomic E-state index is -0.564. The lowest BCUT2D eigenvalue weighted by atomic mass is 10.1. The topological polar surface area (TPSA) is 114 Å². The third-order valence-corrected chi connectivity index (χ3v) is 3.76. The number of ether oxygens (including phenoxy) is 1. The standard InChI is InChI=1S/C20H27N5O4/c1-13-10-14(2)25(24-13)12-17(26)22-23-18(27)16-8-6-15(7-9-16)11-21-19(28)29-20(3,4)5/h6-10H,11-12H2,1-5H3,(H,21,28)(H,22,26)(H,23,27). The Labute approximate surface area is 169 Å². The Morgan fingerprint density at radius 3 is 2.28 bits per heavy atom. The van der Waals surface area contributed by atoms with Crippen molar-refractivity contribution in [3.63, 3.8) is 0 Å². The van der Waals surface area contributed by atoms with Gasteiger partial charge in [0, 0.05) is 17.8 Å². The molecule has 0 aliphatic heterocycles. The van der Waals surface area contributed by atoms with E-state index in [2.05, 4.69) is 21.3 Å². The van der Waals surface area contributed by atoms with Gasteiger partial charge < -0.3 is 10.1 Å². The molecule has 9 nitrogen and oxygen atoms in total. The zero-order chi connectivity index (χ0) is 21.6. The zero-order valence-corrected chi connectivity index (χ0v) is 17.3. The molecule has 0 unspecified atom stereocenters. The molecule has 0 bridgehead atoms. The van der Waals surface area contributed by atoms with Crippen LogP contribution in [0.2, 0.25) is 0 Å². The first kappa shape index (κ1) is 21.9. The van der Waals surface area contributed by atoms with Gasteiger partial charge in [-0.25, -0.2) is 4.79 Å². The molecule has 3 N–H and O–H groups in total. The lowest BCUT2D eigenvalue weighted by Gasteiger charge is -2.19. The quantitative estimate of drug-likeness (QED) is 0.663. The number of nitrogens with one attached hydrogen (secondary N) is 3. The van der Waals surface area contributed by atoms with Crippen molar-refractivity contribution < 1.29 is 19.1 Å². The molecular weight excluding hydrogens is 374 g/mol. The van der Waals surface area contributed by atoms with Gasteiger partial charge in [-0.2, -0.15) is 5.10 Å². The van der Waals surface area contributed by atoms with Crippen LogP contribution in [0.3, 0.4) is 0 Å². The second-order valence-electron chi connectivity index (χ2n) is 7.64. The van der Waals surface area contributed by atoms with Gasteiger partial charge in [0.1, 0.15) is 12.1 Å². The van der Waals surface area contributed by atoms with E-state index in [-0.39, 0.29) is 19.0 Å². The molecule has 0 atom stereocenters. The number of hydrazine groups is 1. The van der Waals surface area contributed by atoms with Crippen molar-refractivity contribution in [3.8, 4) is 0 Å². The average Bonchev–Trinajstić information content (AvgIpc) is 2.94. The van der Waals surface area contributed by atoms with E-state index in [1.807, 2.05) is 19.9 Å². The van der Waals surface area contributed by atoms with Crippen LogP contribution >= 0.6 is 0 Å². The SMILES string of the molecule is Cc1cc(C)n(CC(=O)NNC(=O)c2ccc(CNC(=O)OC(C)(C)C)cc2)n1. The first-order valence-corrected chi connectivity index (χ1v) is 9.19. The van der Waals surface area contributed by atoms with Crippen LogP contribution < -0.4 is 16.2 Å². The first-order valence-electron chi connectivity index (χ1n) is 9.19. The highest BCUT2D eigenvalue weighted by molar-refractivity contribution is 5.95. The lowest BCUT2D eigenvalue weighted by Crippen LogP contribution is -2.43. The number of carbonyl (C=O) groups is 3. The molecule has 1 aromatic carbocycles. The summed E-state index contributed by atoms with van der Waals surface area (Å²) in [5.41, 5.74) is 7.04. The van der Waals surface area contributed by atoms with E-state index in [1.54, 1.807) is 49.7 Å². The van der Waals surface area contributed by atoms with Gasteiger partial charge in [-0.1, -0.05) is 12.1 Å². The first-order chi connectivity index (χ1) is 13.5. The summed E-state index contributed by atoms with van der Waals surface area (Å²) in [4.78, 5) is 35.8. The molecule has 0 aliphatic rings. The number of amides is 3. The molecule has 29 heavy (non-hydrogen) atoms. The predicted molar refractivity (Wildman–Crippen MR) is 107 cm³/mol. The van der Waals surface area contributed by atoms with E-state index >= 15 is 0 Å². The van der Waals surface area contributed by atoms with E-state index < -0.39 is 17.6 Å². The highest BCUT2D eigenvalue weighted by Gasteiger charge is 2.16. The zero-order valence-electron chi connectivity index (χ0n) is 17.3. The lowest BCUT2D eigenvalue weighted by molar-refractivity contribution is -0.122. The van der Waals surface area contributed by atoms with E-state index in [0.29, 0.717) is 5.56 Å². The fraction of sp³-hybridized carbons (Fsp3) is 0.400. The van der Waals surface area contributed by atoms with Crippen LogP contribution in [0.25, 0.3) is 0 Å². The van der Waals surface area contributed by atoms with Crippen LogP contribution in [0.1, 0.15) is 48.1 Å². The molecule has 9 heteroatoms. The van der Waals surface area contributed by atoms with Crippen LogP contribution in [0, 0.1) is 13.8 Å². The van der Waals surface area contributed by atoms with Crippen LogP contribution in [0.4, 0.5) is 4.79 Å². The number of aromatic nitrogens is 2. The summed E-state index contributed by atoms with van der Waals surface area (Å²) >= 11 is 0. The Bertz CT molecular complexity index is 881. The fourth-order valence-electron chi connectivity index (χ4n) is 2.47. The number of benzene rings is 1. The van der Waals surface area contributed by atoms with Crippen molar-refractivity contribution in [2.45, 2.75) is 53.3 Å². The Balaban J connectivity index is 1.80. The molecule has 0 spiro atoms. The molecule has 156 valence electrons. The summed E-state index contributed by atoms with van der Waals surface area (Å²) in [6, 6.07) is 8.50. The van der Waals surface area contributed by atoms with Crippen molar-refractivity contribution >= 4 is 17.9 Å². The molecule has 1 aromatic heterocycles. The summed E-state index contributed by atoms with van der Waals surface area (Å²) in [5, 5.41) is 6.85.